The second kappa shape index (κ2) is 17.4. The van der Waals surface area contributed by atoms with Gasteiger partial charge in [0.1, 0.15) is 5.52 Å². The maximum Gasteiger partial charge on any atom is 0.227 e. The van der Waals surface area contributed by atoms with Gasteiger partial charge in [-0.1, -0.05) is 188 Å². The molecular weight excluding hydrogens is 849 g/mol. The van der Waals surface area contributed by atoms with E-state index >= 15 is 0 Å². The average Bonchev–Trinajstić information content (AvgIpc) is 3.89. The fraction of sp³-hybridized carbons (Fsp3) is 0. The van der Waals surface area contributed by atoms with Crippen molar-refractivity contribution < 1.29 is 4.42 Å². The highest BCUT2D eigenvalue weighted by Crippen LogP contribution is 2.43. The molecule has 0 aliphatic heterocycles. The number of hydrogen-bond acceptors (Lipinski definition) is 3. The minimum absolute atomic E-state index is 0.629. The molecule has 0 atom stereocenters. The van der Waals surface area contributed by atoms with Crippen LogP contribution in [0, 0.1) is 0 Å². The van der Waals surface area contributed by atoms with Crippen molar-refractivity contribution >= 4 is 60.5 Å². The molecular formula is C67H44N2O. The van der Waals surface area contributed by atoms with Crippen LogP contribution in [0.2, 0.25) is 0 Å². The van der Waals surface area contributed by atoms with Crippen LogP contribution >= 0.6 is 0 Å². The SMILES string of the molecule is c1ccc(-c2cc(-c3ccc(-c4cccc5c4ccc4oc(-c6ccccc6)nc45)cc3)cc(N(c3cccc(-c4ccc5ccccc5c4)c3)c3cccc(-c4ccc5ccccc5c4)c3)c2)cc1. The lowest BCUT2D eigenvalue weighted by molar-refractivity contribution is 0.620. The Hall–Kier alpha value is -9.31. The van der Waals surface area contributed by atoms with Crippen LogP contribution in [-0.2, 0) is 0 Å². The van der Waals surface area contributed by atoms with Crippen LogP contribution in [0.4, 0.5) is 17.1 Å². The summed E-state index contributed by atoms with van der Waals surface area (Å²) < 4.78 is 6.26. The van der Waals surface area contributed by atoms with E-state index in [9.17, 15) is 0 Å². The van der Waals surface area contributed by atoms with Crippen LogP contribution in [-0.4, -0.2) is 4.98 Å². The molecule has 0 radical (unpaired) electrons. The molecule has 0 saturated heterocycles. The Morgan fingerprint density at radius 1 is 0.271 bits per heavy atom. The van der Waals surface area contributed by atoms with Crippen LogP contribution in [0.3, 0.4) is 0 Å². The van der Waals surface area contributed by atoms with Gasteiger partial charge in [0.25, 0.3) is 0 Å². The lowest BCUT2D eigenvalue weighted by Gasteiger charge is -2.28. The van der Waals surface area contributed by atoms with Crippen molar-refractivity contribution in [2.24, 2.45) is 0 Å². The van der Waals surface area contributed by atoms with Gasteiger partial charge < -0.3 is 9.32 Å². The van der Waals surface area contributed by atoms with Gasteiger partial charge in [0, 0.05) is 28.0 Å². The molecule has 0 N–H and O–H groups in total. The fourth-order valence-electron chi connectivity index (χ4n) is 10.1. The molecule has 12 aromatic carbocycles. The quantitative estimate of drug-likeness (QED) is 0.145. The van der Waals surface area contributed by atoms with E-state index in [0.717, 1.165) is 89.0 Å². The predicted octanol–water partition coefficient (Wildman–Crippen LogP) is 18.8. The summed E-state index contributed by atoms with van der Waals surface area (Å²) in [4.78, 5) is 7.41. The van der Waals surface area contributed by atoms with E-state index in [1.165, 1.54) is 32.7 Å². The molecule has 328 valence electrons. The Morgan fingerprint density at radius 3 is 1.36 bits per heavy atom. The summed E-state index contributed by atoms with van der Waals surface area (Å²) in [5.41, 5.74) is 17.3. The highest BCUT2D eigenvalue weighted by atomic mass is 16.3. The van der Waals surface area contributed by atoms with Crippen molar-refractivity contribution in [1.29, 1.82) is 0 Å². The highest BCUT2D eigenvalue weighted by Gasteiger charge is 2.19. The van der Waals surface area contributed by atoms with E-state index in [0.29, 0.717) is 5.89 Å². The summed E-state index contributed by atoms with van der Waals surface area (Å²) in [7, 11) is 0. The first-order valence-corrected chi connectivity index (χ1v) is 23.8. The van der Waals surface area contributed by atoms with Crippen LogP contribution in [0.1, 0.15) is 0 Å². The highest BCUT2D eigenvalue weighted by molar-refractivity contribution is 6.09. The molecule has 0 saturated carbocycles. The number of hydrogen-bond donors (Lipinski definition) is 0. The zero-order chi connectivity index (χ0) is 46.4. The van der Waals surface area contributed by atoms with E-state index in [4.69, 9.17) is 9.40 Å². The summed E-state index contributed by atoms with van der Waals surface area (Å²) in [6, 6.07) is 96.1. The van der Waals surface area contributed by atoms with Gasteiger partial charge in [-0.25, -0.2) is 4.98 Å². The molecule has 0 unspecified atom stereocenters. The zero-order valence-electron chi connectivity index (χ0n) is 38.2. The minimum Gasteiger partial charge on any atom is -0.436 e. The maximum atomic E-state index is 6.26. The van der Waals surface area contributed by atoms with Gasteiger partial charge in [0.15, 0.2) is 5.58 Å². The van der Waals surface area contributed by atoms with Crippen LogP contribution in [0.15, 0.2) is 271 Å². The van der Waals surface area contributed by atoms with Crippen molar-refractivity contribution in [3.63, 3.8) is 0 Å². The van der Waals surface area contributed by atoms with Gasteiger partial charge >= 0.3 is 0 Å². The lowest BCUT2D eigenvalue weighted by Crippen LogP contribution is -2.10. The summed E-state index contributed by atoms with van der Waals surface area (Å²) in [6.07, 6.45) is 0. The monoisotopic (exact) mass is 892 g/mol. The first-order valence-electron chi connectivity index (χ1n) is 23.8. The van der Waals surface area contributed by atoms with Gasteiger partial charge in [-0.05, 0) is 161 Å². The number of oxazole rings is 1. The third-order valence-corrected chi connectivity index (χ3v) is 13.6. The average molecular weight is 893 g/mol. The smallest absolute Gasteiger partial charge is 0.227 e. The van der Waals surface area contributed by atoms with Crippen LogP contribution in [0.5, 0.6) is 0 Å². The Labute approximate surface area is 406 Å². The summed E-state index contributed by atoms with van der Waals surface area (Å²) >= 11 is 0. The Balaban J connectivity index is 0.943. The first kappa shape index (κ1) is 40.9. The maximum absolute atomic E-state index is 6.26. The molecule has 0 spiro atoms. The van der Waals surface area contributed by atoms with E-state index in [1.54, 1.807) is 0 Å². The molecule has 0 fully saturated rings. The predicted molar refractivity (Wildman–Crippen MR) is 294 cm³/mol. The number of rotatable bonds is 9. The normalized spacial score (nSPS) is 11.4. The van der Waals surface area contributed by atoms with E-state index < -0.39 is 0 Å². The van der Waals surface area contributed by atoms with E-state index in [1.807, 2.05) is 36.4 Å². The standard InChI is InChI=1S/C67H44N2O/c1-3-14-45(15-4-1)57-40-58(48-28-32-49(33-29-48)62-26-13-27-64-63(62)36-37-65-66(64)68-67(70-65)50-18-5-2-6-19-50)44-61(43-57)69(59-24-11-22-53(41-59)55-34-30-46-16-7-9-20-51(46)38-55)60-25-12-23-54(42-60)56-35-31-47-17-8-10-21-52(47)39-56/h1-44H. The second-order valence-corrected chi connectivity index (χ2v) is 18.0. The number of aromatic nitrogens is 1. The van der Waals surface area contributed by atoms with Crippen molar-refractivity contribution in [2.75, 3.05) is 4.90 Å². The van der Waals surface area contributed by atoms with Gasteiger partial charge in [0.05, 0.1) is 0 Å². The zero-order valence-corrected chi connectivity index (χ0v) is 38.2. The Bertz CT molecular complexity index is 3940. The van der Waals surface area contributed by atoms with Gasteiger partial charge in [-0.3, -0.25) is 0 Å². The van der Waals surface area contributed by atoms with Crippen molar-refractivity contribution in [1.82, 2.24) is 4.98 Å². The number of fused-ring (bicyclic) bond motifs is 5. The minimum atomic E-state index is 0.629. The molecule has 3 nitrogen and oxygen atoms in total. The van der Waals surface area contributed by atoms with Crippen LogP contribution in [0.25, 0.3) is 111 Å². The molecule has 1 aromatic heterocycles. The molecule has 70 heavy (non-hydrogen) atoms. The summed E-state index contributed by atoms with van der Waals surface area (Å²) in [5.74, 6) is 0.629. The lowest BCUT2D eigenvalue weighted by atomic mass is 9.94. The molecule has 13 rings (SSSR count). The van der Waals surface area contributed by atoms with E-state index in [2.05, 4.69) is 235 Å². The topological polar surface area (TPSA) is 29.3 Å². The van der Waals surface area contributed by atoms with Crippen molar-refractivity contribution in [3.05, 3.63) is 267 Å². The summed E-state index contributed by atoms with van der Waals surface area (Å²) in [6.45, 7) is 0. The van der Waals surface area contributed by atoms with Crippen molar-refractivity contribution in [2.45, 2.75) is 0 Å². The third-order valence-electron chi connectivity index (χ3n) is 13.6. The first-order chi connectivity index (χ1) is 34.6. The molecule has 1 heterocycles. The third kappa shape index (κ3) is 7.66. The Morgan fingerprint density at radius 2 is 0.743 bits per heavy atom. The fourth-order valence-corrected chi connectivity index (χ4v) is 10.1. The van der Waals surface area contributed by atoms with Gasteiger partial charge in [-0.2, -0.15) is 0 Å². The molecule has 0 aliphatic carbocycles. The Kier molecular flexibility index (Phi) is 10.2. The van der Waals surface area contributed by atoms with Crippen LogP contribution < -0.4 is 4.90 Å². The van der Waals surface area contributed by atoms with Crippen molar-refractivity contribution in [3.8, 4) is 67.1 Å². The van der Waals surface area contributed by atoms with Gasteiger partial charge in [0.2, 0.25) is 5.89 Å². The largest absolute Gasteiger partial charge is 0.436 e. The number of anilines is 3. The molecule has 13 aromatic rings. The second-order valence-electron chi connectivity index (χ2n) is 18.0. The molecule has 0 aliphatic rings. The van der Waals surface area contributed by atoms with Gasteiger partial charge in [-0.15, -0.1) is 0 Å². The molecule has 0 amide bonds. The molecule has 3 heteroatoms. The summed E-state index contributed by atoms with van der Waals surface area (Å²) in [5, 5.41) is 7.12. The van der Waals surface area contributed by atoms with E-state index in [-0.39, 0.29) is 0 Å². The number of nitrogens with zero attached hydrogens (tertiary/aromatic N) is 2. The number of benzene rings is 12. The molecule has 0 bridgehead atoms.